The number of aromatic nitrogens is 1. The van der Waals surface area contributed by atoms with Gasteiger partial charge in [-0.2, -0.15) is 0 Å². The summed E-state index contributed by atoms with van der Waals surface area (Å²) in [6.07, 6.45) is 7.27. The van der Waals surface area contributed by atoms with Gasteiger partial charge in [0.05, 0.1) is 30.7 Å². The van der Waals surface area contributed by atoms with E-state index in [1.807, 2.05) is 0 Å². The van der Waals surface area contributed by atoms with Crippen molar-refractivity contribution in [2.75, 3.05) is 18.9 Å². The second-order valence-electron chi connectivity index (χ2n) is 4.59. The molecule has 1 rings (SSSR count). The minimum Gasteiger partial charge on any atom is -0.478 e. The Morgan fingerprint density at radius 1 is 1.25 bits per heavy atom. The van der Waals surface area contributed by atoms with Crippen molar-refractivity contribution in [3.05, 3.63) is 17.8 Å². The van der Waals surface area contributed by atoms with Crippen molar-refractivity contribution in [1.82, 2.24) is 4.98 Å². The maximum atomic E-state index is 11.7. The molecule has 2 N–H and O–H groups in total. The van der Waals surface area contributed by atoms with E-state index >= 15 is 0 Å². The van der Waals surface area contributed by atoms with Crippen LogP contribution in [-0.4, -0.2) is 24.2 Å². The molecule has 0 aliphatic rings. The number of hydrogen-bond donors (Lipinski definition) is 1. The van der Waals surface area contributed by atoms with Crippen LogP contribution in [0.3, 0.4) is 0 Å². The van der Waals surface area contributed by atoms with E-state index in [-0.39, 0.29) is 0 Å². The lowest BCUT2D eigenvalue weighted by Crippen LogP contribution is -2.09. The van der Waals surface area contributed by atoms with Gasteiger partial charge >= 0.3 is 5.97 Å². The highest BCUT2D eigenvalue weighted by atomic mass is 16.5. The topological polar surface area (TPSA) is 74.4 Å². The minimum atomic E-state index is -0.444. The smallest absolute Gasteiger partial charge is 0.340 e. The number of anilines is 1. The standard InChI is InChI=1S/C15H24N2O3/c1-3-5-6-7-8-9-20-14-10-12(13(16)11-17-14)15(18)19-4-2/h10-11H,3-9,16H2,1-2H3. The van der Waals surface area contributed by atoms with Crippen molar-refractivity contribution in [2.45, 2.75) is 46.0 Å². The molecule has 5 nitrogen and oxygen atoms in total. The number of nitrogens with two attached hydrogens (primary N) is 1. The predicted octanol–water partition coefficient (Wildman–Crippen LogP) is 3.19. The van der Waals surface area contributed by atoms with Crippen LogP contribution in [0.4, 0.5) is 5.69 Å². The number of rotatable bonds is 9. The first-order chi connectivity index (χ1) is 9.69. The third kappa shape index (κ3) is 5.47. The van der Waals surface area contributed by atoms with E-state index in [9.17, 15) is 4.79 Å². The number of hydrogen-bond acceptors (Lipinski definition) is 5. The zero-order valence-electron chi connectivity index (χ0n) is 12.4. The van der Waals surface area contributed by atoms with Crippen LogP contribution >= 0.6 is 0 Å². The van der Waals surface area contributed by atoms with Crippen molar-refractivity contribution < 1.29 is 14.3 Å². The number of nitrogen functional groups attached to an aromatic ring is 1. The average molecular weight is 280 g/mol. The summed E-state index contributed by atoms with van der Waals surface area (Å²) in [7, 11) is 0. The summed E-state index contributed by atoms with van der Waals surface area (Å²) in [5, 5.41) is 0. The Bertz CT molecular complexity index is 422. The number of carbonyl (C=O) groups is 1. The van der Waals surface area contributed by atoms with Gasteiger partial charge in [-0.25, -0.2) is 9.78 Å². The number of nitrogens with zero attached hydrogens (tertiary/aromatic N) is 1. The van der Waals surface area contributed by atoms with Crippen molar-refractivity contribution in [1.29, 1.82) is 0 Å². The summed E-state index contributed by atoms with van der Waals surface area (Å²) in [6.45, 7) is 4.85. The molecule has 20 heavy (non-hydrogen) atoms. The van der Waals surface area contributed by atoms with Crippen LogP contribution in [0.15, 0.2) is 12.3 Å². The number of esters is 1. The van der Waals surface area contributed by atoms with E-state index in [1.54, 1.807) is 13.0 Å². The van der Waals surface area contributed by atoms with Gasteiger partial charge in [-0.3, -0.25) is 0 Å². The van der Waals surface area contributed by atoms with Crippen molar-refractivity contribution in [3.63, 3.8) is 0 Å². The molecule has 0 aliphatic carbocycles. The van der Waals surface area contributed by atoms with Gasteiger partial charge in [0, 0.05) is 6.07 Å². The Hall–Kier alpha value is -1.78. The van der Waals surface area contributed by atoms with Crippen LogP contribution < -0.4 is 10.5 Å². The molecule has 0 aliphatic heterocycles. The van der Waals surface area contributed by atoms with E-state index < -0.39 is 5.97 Å². The molecule has 0 unspecified atom stereocenters. The molecule has 0 saturated heterocycles. The minimum absolute atomic E-state index is 0.304. The molecule has 5 heteroatoms. The van der Waals surface area contributed by atoms with Crippen molar-refractivity contribution in [3.8, 4) is 5.88 Å². The number of pyridine rings is 1. The normalized spacial score (nSPS) is 10.3. The molecule has 1 heterocycles. The van der Waals surface area contributed by atoms with Gasteiger partial charge in [0.15, 0.2) is 0 Å². The Morgan fingerprint density at radius 3 is 2.70 bits per heavy atom. The fraction of sp³-hybridized carbons (Fsp3) is 0.600. The number of unbranched alkanes of at least 4 members (excludes halogenated alkanes) is 4. The molecule has 0 saturated carbocycles. The zero-order chi connectivity index (χ0) is 14.8. The molecular formula is C15H24N2O3. The fourth-order valence-corrected chi connectivity index (χ4v) is 1.79. The number of ether oxygens (including phenoxy) is 2. The van der Waals surface area contributed by atoms with Gasteiger partial charge in [-0.15, -0.1) is 0 Å². The molecule has 0 atom stereocenters. The summed E-state index contributed by atoms with van der Waals surface area (Å²) >= 11 is 0. The molecule has 0 fully saturated rings. The van der Waals surface area contributed by atoms with Crippen LogP contribution in [-0.2, 0) is 4.74 Å². The molecule has 0 amide bonds. The summed E-state index contributed by atoms with van der Waals surface area (Å²) in [6, 6.07) is 1.54. The van der Waals surface area contributed by atoms with Gasteiger partial charge in [0.1, 0.15) is 0 Å². The Kier molecular flexibility index (Phi) is 7.47. The molecule has 1 aromatic heterocycles. The predicted molar refractivity (Wildman–Crippen MR) is 78.9 cm³/mol. The highest BCUT2D eigenvalue weighted by molar-refractivity contribution is 5.95. The summed E-state index contributed by atoms with van der Waals surface area (Å²) in [4.78, 5) is 15.7. The van der Waals surface area contributed by atoms with Crippen LogP contribution in [0.5, 0.6) is 5.88 Å². The van der Waals surface area contributed by atoms with E-state index in [0.717, 1.165) is 12.8 Å². The Labute approximate surface area is 120 Å². The molecular weight excluding hydrogens is 256 g/mol. The lowest BCUT2D eigenvalue weighted by molar-refractivity contribution is 0.0527. The fourth-order valence-electron chi connectivity index (χ4n) is 1.79. The third-order valence-corrected chi connectivity index (χ3v) is 2.90. The lowest BCUT2D eigenvalue weighted by atomic mass is 10.2. The SMILES string of the molecule is CCCCCCCOc1cc(C(=O)OCC)c(N)cn1. The van der Waals surface area contributed by atoms with E-state index in [1.165, 1.54) is 25.5 Å². The van der Waals surface area contributed by atoms with Gasteiger partial charge in [-0.05, 0) is 13.3 Å². The van der Waals surface area contributed by atoms with Gasteiger partial charge in [0.2, 0.25) is 5.88 Å². The first-order valence-corrected chi connectivity index (χ1v) is 7.24. The molecule has 0 spiro atoms. The van der Waals surface area contributed by atoms with Crippen LogP contribution in [0.1, 0.15) is 56.3 Å². The second-order valence-corrected chi connectivity index (χ2v) is 4.59. The second kappa shape index (κ2) is 9.18. The summed E-state index contributed by atoms with van der Waals surface area (Å²) < 4.78 is 10.5. The van der Waals surface area contributed by atoms with E-state index in [0.29, 0.717) is 30.3 Å². The van der Waals surface area contributed by atoms with Crippen LogP contribution in [0, 0.1) is 0 Å². The van der Waals surface area contributed by atoms with E-state index in [2.05, 4.69) is 11.9 Å². The van der Waals surface area contributed by atoms with Gasteiger partial charge in [-0.1, -0.05) is 32.6 Å². The van der Waals surface area contributed by atoms with Crippen LogP contribution in [0.2, 0.25) is 0 Å². The first-order valence-electron chi connectivity index (χ1n) is 7.24. The quantitative estimate of drug-likeness (QED) is 0.555. The summed E-state index contributed by atoms with van der Waals surface area (Å²) in [5.74, 6) is -0.0297. The highest BCUT2D eigenvalue weighted by Gasteiger charge is 2.12. The Balaban J connectivity index is 2.46. The average Bonchev–Trinajstić information content (AvgIpc) is 2.44. The summed E-state index contributed by atoms with van der Waals surface area (Å²) in [5.41, 5.74) is 6.32. The van der Waals surface area contributed by atoms with Gasteiger partial charge in [0.25, 0.3) is 0 Å². The van der Waals surface area contributed by atoms with Crippen molar-refractivity contribution in [2.24, 2.45) is 0 Å². The van der Waals surface area contributed by atoms with E-state index in [4.69, 9.17) is 15.2 Å². The van der Waals surface area contributed by atoms with Crippen molar-refractivity contribution >= 4 is 11.7 Å². The monoisotopic (exact) mass is 280 g/mol. The maximum Gasteiger partial charge on any atom is 0.340 e. The Morgan fingerprint density at radius 2 is 2.00 bits per heavy atom. The molecule has 1 aromatic rings. The molecule has 112 valence electrons. The van der Waals surface area contributed by atoms with Crippen LogP contribution in [0.25, 0.3) is 0 Å². The zero-order valence-corrected chi connectivity index (χ0v) is 12.4. The maximum absolute atomic E-state index is 11.7. The molecule has 0 radical (unpaired) electrons. The first kappa shape index (κ1) is 16.3. The van der Waals surface area contributed by atoms with Gasteiger partial charge < -0.3 is 15.2 Å². The highest BCUT2D eigenvalue weighted by Crippen LogP contribution is 2.18. The number of carbonyl (C=O) groups excluding carboxylic acids is 1. The molecule has 0 aromatic carbocycles. The largest absolute Gasteiger partial charge is 0.478 e. The lowest BCUT2D eigenvalue weighted by Gasteiger charge is -2.08. The third-order valence-electron chi connectivity index (χ3n) is 2.90. The molecule has 0 bridgehead atoms.